The van der Waals surface area contributed by atoms with Gasteiger partial charge in [0.1, 0.15) is 0 Å². The number of benzene rings is 1. The van der Waals surface area contributed by atoms with Crippen LogP contribution in [-0.2, 0) is 0 Å². The minimum absolute atomic E-state index is 0.308. The van der Waals surface area contributed by atoms with E-state index in [4.69, 9.17) is 11.6 Å². The van der Waals surface area contributed by atoms with Gasteiger partial charge in [0, 0.05) is 17.1 Å². The van der Waals surface area contributed by atoms with Crippen molar-refractivity contribution in [1.29, 1.82) is 0 Å². The third-order valence-electron chi connectivity index (χ3n) is 4.76. The Labute approximate surface area is 134 Å². The van der Waals surface area contributed by atoms with Gasteiger partial charge < -0.3 is 10.2 Å². The summed E-state index contributed by atoms with van der Waals surface area (Å²) in [6.07, 6.45) is 3.88. The number of nitrogens with one attached hydrogen (secondary N) is 1. The maximum atomic E-state index is 6.30. The largest absolute Gasteiger partial charge is 0.307 e. The first-order valence-corrected chi connectivity index (χ1v) is 8.72. The second-order valence-corrected chi connectivity index (χ2v) is 6.78. The van der Waals surface area contributed by atoms with Crippen LogP contribution < -0.4 is 5.32 Å². The Morgan fingerprint density at radius 1 is 1.24 bits per heavy atom. The predicted molar refractivity (Wildman–Crippen MR) is 91.9 cm³/mol. The molecule has 2 atom stereocenters. The average molecular weight is 309 g/mol. The van der Waals surface area contributed by atoms with E-state index in [-0.39, 0.29) is 0 Å². The normalized spacial score (nSPS) is 20.4. The van der Waals surface area contributed by atoms with Gasteiger partial charge in [-0.05, 0) is 70.3 Å². The number of nitrogens with zero attached hydrogens (tertiary/aromatic N) is 1. The molecule has 1 heterocycles. The molecule has 1 saturated heterocycles. The van der Waals surface area contributed by atoms with Gasteiger partial charge in [-0.15, -0.1) is 0 Å². The molecular formula is C18H29ClN2. The van der Waals surface area contributed by atoms with Crippen LogP contribution in [0, 0.1) is 5.92 Å². The molecule has 1 aromatic carbocycles. The molecule has 0 amide bonds. The Balaban J connectivity index is 1.84. The van der Waals surface area contributed by atoms with Crippen LogP contribution in [0.1, 0.15) is 51.6 Å². The fourth-order valence-corrected chi connectivity index (χ4v) is 3.74. The maximum Gasteiger partial charge on any atom is 0.0453 e. The zero-order valence-electron chi connectivity index (χ0n) is 13.6. The minimum Gasteiger partial charge on any atom is -0.307 e. The summed E-state index contributed by atoms with van der Waals surface area (Å²) in [5, 5.41) is 4.61. The second-order valence-electron chi connectivity index (χ2n) is 6.38. The van der Waals surface area contributed by atoms with Gasteiger partial charge in [-0.25, -0.2) is 0 Å². The van der Waals surface area contributed by atoms with Gasteiger partial charge in [-0.3, -0.25) is 0 Å². The van der Waals surface area contributed by atoms with Crippen LogP contribution in [0.15, 0.2) is 24.3 Å². The highest BCUT2D eigenvalue weighted by atomic mass is 35.5. The smallest absolute Gasteiger partial charge is 0.0453 e. The lowest BCUT2D eigenvalue weighted by atomic mass is 9.89. The van der Waals surface area contributed by atoms with Crippen molar-refractivity contribution in [2.75, 3.05) is 19.6 Å². The molecule has 3 heteroatoms. The summed E-state index contributed by atoms with van der Waals surface area (Å²) in [4.78, 5) is 2.60. The Bertz CT molecular complexity index is 427. The number of hydrogen-bond donors (Lipinski definition) is 1. The number of piperidine rings is 1. The van der Waals surface area contributed by atoms with Crippen LogP contribution in [0.3, 0.4) is 0 Å². The highest BCUT2D eigenvalue weighted by Gasteiger charge is 2.24. The van der Waals surface area contributed by atoms with Crippen molar-refractivity contribution in [2.24, 2.45) is 5.92 Å². The lowest BCUT2D eigenvalue weighted by Crippen LogP contribution is -2.42. The molecule has 0 aromatic heterocycles. The van der Waals surface area contributed by atoms with Crippen molar-refractivity contribution in [3.63, 3.8) is 0 Å². The molecular weight excluding hydrogens is 280 g/mol. The van der Waals surface area contributed by atoms with Crippen LogP contribution in [0.5, 0.6) is 0 Å². The molecule has 21 heavy (non-hydrogen) atoms. The Morgan fingerprint density at radius 2 is 1.90 bits per heavy atom. The first-order valence-electron chi connectivity index (χ1n) is 8.34. The van der Waals surface area contributed by atoms with Gasteiger partial charge >= 0.3 is 0 Å². The summed E-state index contributed by atoms with van der Waals surface area (Å²) in [5.41, 5.74) is 1.20. The standard InChI is InChI=1S/C18H29ClN2/c1-4-11-21-12-9-16(10-13-21)14(2)20-15(3)17-7-5-6-8-18(17)19/h5-8,14-16,20H,4,9-13H2,1-3H3. The topological polar surface area (TPSA) is 15.3 Å². The number of likely N-dealkylation sites (tertiary alicyclic amines) is 1. The zero-order chi connectivity index (χ0) is 15.2. The van der Waals surface area contributed by atoms with E-state index in [2.05, 4.69) is 43.1 Å². The molecule has 0 radical (unpaired) electrons. The Kier molecular flexibility index (Phi) is 6.53. The van der Waals surface area contributed by atoms with E-state index in [1.165, 1.54) is 44.5 Å². The quantitative estimate of drug-likeness (QED) is 0.832. The first-order chi connectivity index (χ1) is 10.1. The van der Waals surface area contributed by atoms with Gasteiger partial charge in [0.2, 0.25) is 0 Å². The lowest BCUT2D eigenvalue weighted by Gasteiger charge is -2.36. The Hall–Kier alpha value is -0.570. The van der Waals surface area contributed by atoms with E-state index in [0.29, 0.717) is 12.1 Å². The molecule has 2 nitrogen and oxygen atoms in total. The highest BCUT2D eigenvalue weighted by Crippen LogP contribution is 2.26. The molecule has 0 aliphatic carbocycles. The second kappa shape index (κ2) is 8.17. The molecule has 0 bridgehead atoms. The fourth-order valence-electron chi connectivity index (χ4n) is 3.44. The monoisotopic (exact) mass is 308 g/mol. The van der Waals surface area contributed by atoms with Gasteiger partial charge in [0.25, 0.3) is 0 Å². The third kappa shape index (κ3) is 4.70. The van der Waals surface area contributed by atoms with E-state index < -0.39 is 0 Å². The van der Waals surface area contributed by atoms with Crippen LogP contribution in [0.2, 0.25) is 5.02 Å². The van der Waals surface area contributed by atoms with Crippen molar-refractivity contribution in [3.8, 4) is 0 Å². The summed E-state index contributed by atoms with van der Waals surface area (Å²) in [6.45, 7) is 10.6. The lowest BCUT2D eigenvalue weighted by molar-refractivity contribution is 0.159. The number of halogens is 1. The maximum absolute atomic E-state index is 6.30. The van der Waals surface area contributed by atoms with E-state index in [9.17, 15) is 0 Å². The van der Waals surface area contributed by atoms with Crippen molar-refractivity contribution in [1.82, 2.24) is 10.2 Å². The molecule has 0 spiro atoms. The van der Waals surface area contributed by atoms with Gasteiger partial charge in [0.05, 0.1) is 0 Å². The summed E-state index contributed by atoms with van der Waals surface area (Å²) in [6, 6.07) is 9.00. The minimum atomic E-state index is 0.308. The van der Waals surface area contributed by atoms with E-state index in [1.54, 1.807) is 0 Å². The highest BCUT2D eigenvalue weighted by molar-refractivity contribution is 6.31. The van der Waals surface area contributed by atoms with Crippen molar-refractivity contribution in [2.45, 2.75) is 52.1 Å². The number of rotatable bonds is 6. The van der Waals surface area contributed by atoms with Gasteiger partial charge in [0.15, 0.2) is 0 Å². The first kappa shape index (κ1) is 16.8. The Morgan fingerprint density at radius 3 is 2.52 bits per heavy atom. The van der Waals surface area contributed by atoms with Gasteiger partial charge in [-0.2, -0.15) is 0 Å². The molecule has 1 fully saturated rings. The molecule has 1 aliphatic heterocycles. The van der Waals surface area contributed by atoms with Crippen molar-refractivity contribution in [3.05, 3.63) is 34.9 Å². The summed E-state index contributed by atoms with van der Waals surface area (Å²) < 4.78 is 0. The van der Waals surface area contributed by atoms with Crippen molar-refractivity contribution < 1.29 is 0 Å². The summed E-state index contributed by atoms with van der Waals surface area (Å²) in [7, 11) is 0. The van der Waals surface area contributed by atoms with Crippen molar-refractivity contribution >= 4 is 11.6 Å². The van der Waals surface area contributed by atoms with Crippen LogP contribution in [0.4, 0.5) is 0 Å². The predicted octanol–water partition coefficient (Wildman–Crippen LogP) is 4.50. The molecule has 1 N–H and O–H groups in total. The van der Waals surface area contributed by atoms with Gasteiger partial charge in [-0.1, -0.05) is 36.7 Å². The van der Waals surface area contributed by atoms with Crippen LogP contribution >= 0.6 is 11.6 Å². The molecule has 1 aromatic rings. The fraction of sp³-hybridized carbons (Fsp3) is 0.667. The van der Waals surface area contributed by atoms with E-state index >= 15 is 0 Å². The summed E-state index contributed by atoms with van der Waals surface area (Å²) in [5.74, 6) is 0.781. The third-order valence-corrected chi connectivity index (χ3v) is 5.11. The molecule has 2 rings (SSSR count). The molecule has 0 saturated carbocycles. The number of hydrogen-bond acceptors (Lipinski definition) is 2. The van der Waals surface area contributed by atoms with Crippen LogP contribution in [0.25, 0.3) is 0 Å². The summed E-state index contributed by atoms with van der Waals surface area (Å²) >= 11 is 6.30. The zero-order valence-corrected chi connectivity index (χ0v) is 14.4. The average Bonchev–Trinajstić information content (AvgIpc) is 2.48. The van der Waals surface area contributed by atoms with E-state index in [1.807, 2.05) is 12.1 Å². The van der Waals surface area contributed by atoms with Crippen LogP contribution in [-0.4, -0.2) is 30.6 Å². The molecule has 118 valence electrons. The molecule has 1 aliphatic rings. The van der Waals surface area contributed by atoms with E-state index in [0.717, 1.165) is 10.9 Å². The SMILES string of the molecule is CCCN1CCC(C(C)NC(C)c2ccccc2Cl)CC1. The molecule has 2 unspecified atom stereocenters.